The minimum absolute atomic E-state index is 0.0450. The number of hydrogen-bond donors (Lipinski definition) is 1. The lowest BCUT2D eigenvalue weighted by Crippen LogP contribution is -2.29. The number of benzene rings is 2. The molecule has 0 spiro atoms. The molecular weight excluding hydrogens is 402 g/mol. The van der Waals surface area contributed by atoms with Crippen molar-refractivity contribution in [2.45, 2.75) is 38.2 Å². The van der Waals surface area contributed by atoms with Gasteiger partial charge in [0.2, 0.25) is 15.8 Å². The predicted molar refractivity (Wildman–Crippen MR) is 107 cm³/mol. The van der Waals surface area contributed by atoms with E-state index < -0.39 is 22.1 Å². The van der Waals surface area contributed by atoms with E-state index in [-0.39, 0.29) is 23.6 Å². The molecule has 8 heteroatoms. The number of ether oxygens (including phenoxy) is 1. The maximum Gasteiger partial charge on any atom is 0.307 e. The highest BCUT2D eigenvalue weighted by molar-refractivity contribution is 7.89. The van der Waals surface area contributed by atoms with Crippen molar-refractivity contribution < 1.29 is 22.7 Å². The van der Waals surface area contributed by atoms with E-state index in [1.54, 1.807) is 12.1 Å². The van der Waals surface area contributed by atoms with Crippen LogP contribution in [-0.2, 0) is 19.6 Å². The Balaban J connectivity index is 1.86. The van der Waals surface area contributed by atoms with Crippen molar-refractivity contribution in [3.63, 3.8) is 0 Å². The molecule has 28 heavy (non-hydrogen) atoms. The highest BCUT2D eigenvalue weighted by atomic mass is 35.5. The fourth-order valence-corrected chi connectivity index (χ4v) is 3.58. The predicted octanol–water partition coefficient (Wildman–Crippen LogP) is 3.44. The molecule has 0 saturated carbocycles. The summed E-state index contributed by atoms with van der Waals surface area (Å²) in [6.07, 6.45) is -1.15. The van der Waals surface area contributed by atoms with E-state index in [4.69, 9.17) is 16.3 Å². The van der Waals surface area contributed by atoms with Crippen molar-refractivity contribution in [2.75, 3.05) is 6.54 Å². The minimum Gasteiger partial charge on any atom is -0.454 e. The van der Waals surface area contributed by atoms with Crippen LogP contribution in [0.1, 0.15) is 34.8 Å². The van der Waals surface area contributed by atoms with E-state index in [9.17, 15) is 18.0 Å². The molecule has 1 atom stereocenters. The minimum atomic E-state index is -3.75. The van der Waals surface area contributed by atoms with Crippen LogP contribution in [0.3, 0.4) is 0 Å². The summed E-state index contributed by atoms with van der Waals surface area (Å²) in [5.41, 5.74) is 2.50. The number of nitrogens with one attached hydrogen (secondary N) is 1. The van der Waals surface area contributed by atoms with Gasteiger partial charge in [0.05, 0.1) is 11.3 Å². The zero-order valence-electron chi connectivity index (χ0n) is 15.9. The van der Waals surface area contributed by atoms with Crippen LogP contribution in [0, 0.1) is 13.8 Å². The van der Waals surface area contributed by atoms with Crippen molar-refractivity contribution in [2.24, 2.45) is 0 Å². The lowest BCUT2D eigenvalue weighted by molar-refractivity contribution is -0.146. The van der Waals surface area contributed by atoms with Crippen LogP contribution < -0.4 is 4.72 Å². The Labute approximate surface area is 169 Å². The van der Waals surface area contributed by atoms with Crippen molar-refractivity contribution in [3.05, 3.63) is 64.2 Å². The molecule has 0 amide bonds. The summed E-state index contributed by atoms with van der Waals surface area (Å²) in [4.78, 5) is 24.4. The lowest BCUT2D eigenvalue weighted by Gasteiger charge is -2.13. The first-order chi connectivity index (χ1) is 13.1. The first-order valence-corrected chi connectivity index (χ1v) is 10.5. The van der Waals surface area contributed by atoms with E-state index in [0.717, 1.165) is 11.1 Å². The van der Waals surface area contributed by atoms with Gasteiger partial charge in [-0.05, 0) is 62.2 Å². The number of aryl methyl sites for hydroxylation is 2. The normalized spacial score (nSPS) is 12.4. The number of esters is 1. The number of halogens is 1. The Morgan fingerprint density at radius 1 is 1.07 bits per heavy atom. The number of hydrogen-bond acceptors (Lipinski definition) is 5. The molecule has 0 bridgehead atoms. The van der Waals surface area contributed by atoms with Crippen molar-refractivity contribution in [1.29, 1.82) is 0 Å². The van der Waals surface area contributed by atoms with E-state index in [2.05, 4.69) is 4.72 Å². The average molecular weight is 424 g/mol. The molecule has 0 aliphatic heterocycles. The van der Waals surface area contributed by atoms with Gasteiger partial charge >= 0.3 is 5.97 Å². The first kappa shape index (κ1) is 22.1. The van der Waals surface area contributed by atoms with Gasteiger partial charge in [-0.15, -0.1) is 0 Å². The number of Topliss-reactive ketones (excluding diaryl/α,β-unsaturated/α-hetero) is 1. The second-order valence-electron chi connectivity index (χ2n) is 6.40. The molecule has 2 aromatic rings. The third-order valence-corrected chi connectivity index (χ3v) is 5.94. The summed E-state index contributed by atoms with van der Waals surface area (Å²) in [6, 6.07) is 10.9. The summed E-state index contributed by atoms with van der Waals surface area (Å²) in [6.45, 7) is 5.19. The maximum atomic E-state index is 12.4. The van der Waals surface area contributed by atoms with Gasteiger partial charge in [0.25, 0.3) is 0 Å². The molecule has 0 heterocycles. The van der Waals surface area contributed by atoms with Crippen LogP contribution in [0.5, 0.6) is 0 Å². The summed E-state index contributed by atoms with van der Waals surface area (Å²) in [7, 11) is -3.75. The zero-order valence-corrected chi connectivity index (χ0v) is 17.4. The van der Waals surface area contributed by atoms with Crippen molar-refractivity contribution >= 4 is 33.4 Å². The topological polar surface area (TPSA) is 89.5 Å². The quantitative estimate of drug-likeness (QED) is 0.519. The maximum absolute atomic E-state index is 12.4. The standard InChI is InChI=1S/C20H22ClNO5S/c1-13-4-5-16(12-14(13)2)20(24)15(3)27-19(23)10-11-22-28(25,26)18-8-6-17(21)7-9-18/h4-9,12,15,22H,10-11H2,1-3H3/t15-/m1/s1. The van der Waals surface area contributed by atoms with Crippen molar-refractivity contribution in [3.8, 4) is 0 Å². The van der Waals surface area contributed by atoms with Gasteiger partial charge in [0.1, 0.15) is 0 Å². The molecule has 0 radical (unpaired) electrons. The number of rotatable bonds is 8. The smallest absolute Gasteiger partial charge is 0.307 e. The molecule has 0 saturated heterocycles. The molecule has 2 aromatic carbocycles. The highest BCUT2D eigenvalue weighted by Gasteiger charge is 2.20. The van der Waals surface area contributed by atoms with Crippen LogP contribution in [0.4, 0.5) is 0 Å². The molecule has 6 nitrogen and oxygen atoms in total. The second kappa shape index (κ2) is 9.32. The molecular formula is C20H22ClNO5S. The third kappa shape index (κ3) is 5.89. The van der Waals surface area contributed by atoms with E-state index in [1.165, 1.54) is 31.2 Å². The van der Waals surface area contributed by atoms with Crippen molar-refractivity contribution in [1.82, 2.24) is 4.72 Å². The molecule has 0 aliphatic rings. The Kier molecular flexibility index (Phi) is 7.35. The largest absolute Gasteiger partial charge is 0.454 e. The molecule has 1 N–H and O–H groups in total. The summed E-state index contributed by atoms with van der Waals surface area (Å²) in [5, 5.41) is 0.421. The number of carbonyl (C=O) groups excluding carboxylic acids is 2. The molecule has 0 fully saturated rings. The fraction of sp³-hybridized carbons (Fsp3) is 0.300. The summed E-state index contributed by atoms with van der Waals surface area (Å²) < 4.78 is 31.7. The van der Waals surface area contributed by atoms with Gasteiger partial charge in [-0.25, -0.2) is 13.1 Å². The van der Waals surface area contributed by atoms with Crippen LogP contribution in [0.15, 0.2) is 47.4 Å². The molecule has 0 aliphatic carbocycles. The number of sulfonamides is 1. The van der Waals surface area contributed by atoms with Gasteiger partial charge in [0.15, 0.2) is 6.10 Å². The van der Waals surface area contributed by atoms with Gasteiger partial charge in [-0.2, -0.15) is 0 Å². The average Bonchev–Trinajstić information content (AvgIpc) is 2.63. The van der Waals surface area contributed by atoms with Gasteiger partial charge in [-0.1, -0.05) is 23.7 Å². The Hall–Kier alpha value is -2.22. The van der Waals surface area contributed by atoms with Crippen LogP contribution in [-0.4, -0.2) is 32.8 Å². The molecule has 0 unspecified atom stereocenters. The number of ketones is 1. The summed E-state index contributed by atoms with van der Waals surface area (Å²) >= 11 is 5.74. The third-order valence-electron chi connectivity index (χ3n) is 4.21. The van der Waals surface area contributed by atoms with Crippen LogP contribution in [0.25, 0.3) is 0 Å². The second-order valence-corrected chi connectivity index (χ2v) is 8.60. The molecule has 2 rings (SSSR count). The van der Waals surface area contributed by atoms with Gasteiger partial charge < -0.3 is 4.74 Å². The SMILES string of the molecule is Cc1ccc(C(=O)[C@@H](C)OC(=O)CCNS(=O)(=O)c2ccc(Cl)cc2)cc1C. The lowest BCUT2D eigenvalue weighted by atomic mass is 10.0. The molecule has 150 valence electrons. The van der Waals surface area contributed by atoms with Crippen LogP contribution in [0.2, 0.25) is 5.02 Å². The fourth-order valence-electron chi connectivity index (χ4n) is 2.42. The Morgan fingerprint density at radius 2 is 1.71 bits per heavy atom. The van der Waals surface area contributed by atoms with E-state index in [0.29, 0.717) is 10.6 Å². The van der Waals surface area contributed by atoms with E-state index in [1.807, 2.05) is 19.9 Å². The summed E-state index contributed by atoms with van der Waals surface area (Å²) in [5.74, 6) is -0.971. The number of carbonyl (C=O) groups is 2. The zero-order chi connectivity index (χ0) is 20.9. The van der Waals surface area contributed by atoms with Gasteiger partial charge in [-0.3, -0.25) is 9.59 Å². The van der Waals surface area contributed by atoms with E-state index >= 15 is 0 Å². The van der Waals surface area contributed by atoms with Crippen LogP contribution >= 0.6 is 11.6 Å². The van der Waals surface area contributed by atoms with Gasteiger partial charge in [0, 0.05) is 17.1 Å². The Morgan fingerprint density at radius 3 is 2.32 bits per heavy atom. The monoisotopic (exact) mass is 423 g/mol. The highest BCUT2D eigenvalue weighted by Crippen LogP contribution is 2.15. The Bertz CT molecular complexity index is 971. The molecule has 0 aromatic heterocycles. The first-order valence-electron chi connectivity index (χ1n) is 8.66.